The van der Waals surface area contributed by atoms with Gasteiger partial charge in [-0.05, 0) is 49.2 Å². The van der Waals surface area contributed by atoms with Crippen molar-refractivity contribution in [2.45, 2.75) is 26.9 Å². The summed E-state index contributed by atoms with van der Waals surface area (Å²) in [5, 5.41) is 15.5. The molecule has 3 aromatic rings. The molecule has 0 spiro atoms. The summed E-state index contributed by atoms with van der Waals surface area (Å²) in [5.74, 6) is 0.198. The van der Waals surface area contributed by atoms with Gasteiger partial charge in [0.2, 0.25) is 0 Å². The van der Waals surface area contributed by atoms with Gasteiger partial charge in [-0.3, -0.25) is 24.4 Å². The number of carbonyl (C=O) groups is 2. The number of hydrogen-bond acceptors (Lipinski definition) is 8. The zero-order valence-corrected chi connectivity index (χ0v) is 20.8. The molecule has 1 aromatic heterocycles. The Morgan fingerprint density at radius 1 is 1.00 bits per heavy atom. The predicted octanol–water partition coefficient (Wildman–Crippen LogP) is 3.29. The minimum atomic E-state index is -0.555. The quantitative estimate of drug-likeness (QED) is 0.238. The van der Waals surface area contributed by atoms with Crippen LogP contribution in [-0.2, 0) is 22.6 Å². The number of methoxy groups -OCH3 is 3. The second kappa shape index (κ2) is 11.3. The molecule has 0 aliphatic heterocycles. The van der Waals surface area contributed by atoms with Crippen LogP contribution >= 0.6 is 0 Å². The van der Waals surface area contributed by atoms with Crippen LogP contribution in [0.15, 0.2) is 42.5 Å². The zero-order valence-electron chi connectivity index (χ0n) is 20.8. The van der Waals surface area contributed by atoms with Crippen molar-refractivity contribution in [3.05, 3.63) is 80.7 Å². The van der Waals surface area contributed by atoms with E-state index in [1.807, 2.05) is 0 Å². The van der Waals surface area contributed by atoms with Crippen molar-refractivity contribution >= 4 is 17.6 Å². The number of hydrogen-bond donors (Lipinski definition) is 0. The molecule has 36 heavy (non-hydrogen) atoms. The fourth-order valence-corrected chi connectivity index (χ4v) is 3.81. The molecule has 0 saturated carbocycles. The molecule has 0 N–H and O–H groups in total. The lowest BCUT2D eigenvalue weighted by atomic mass is 10.1. The van der Waals surface area contributed by atoms with Crippen LogP contribution in [0, 0.1) is 24.0 Å². The van der Waals surface area contributed by atoms with Crippen molar-refractivity contribution in [1.82, 2.24) is 14.7 Å². The number of esters is 1. The number of nitrogens with zero attached hydrogens (tertiary/aromatic N) is 4. The molecule has 11 nitrogen and oxygen atoms in total. The van der Waals surface area contributed by atoms with E-state index in [4.69, 9.17) is 14.2 Å². The molecular weight excluding hydrogens is 468 g/mol. The van der Waals surface area contributed by atoms with Crippen molar-refractivity contribution in [1.29, 1.82) is 0 Å². The maximum absolute atomic E-state index is 13.3. The van der Waals surface area contributed by atoms with Gasteiger partial charge < -0.3 is 19.1 Å². The molecule has 0 unspecified atom stereocenters. The van der Waals surface area contributed by atoms with Crippen molar-refractivity contribution in [2.75, 3.05) is 27.9 Å². The number of aryl methyl sites for hydroxylation is 1. The SMILES string of the molecule is COC(=O)CN(Cc1cc(OC)cc(OC)c1)C(=O)c1ccc(Cn2nc(C)c([N+](=O)[O-])c2C)cc1. The molecule has 1 amide bonds. The van der Waals surface area contributed by atoms with Crippen LogP contribution in [0.5, 0.6) is 11.5 Å². The zero-order chi connectivity index (χ0) is 26.4. The molecule has 11 heteroatoms. The van der Waals surface area contributed by atoms with Crippen LogP contribution in [-0.4, -0.2) is 59.4 Å². The van der Waals surface area contributed by atoms with Crippen LogP contribution in [0.3, 0.4) is 0 Å². The van der Waals surface area contributed by atoms with Gasteiger partial charge in [-0.1, -0.05) is 12.1 Å². The third-order valence-electron chi connectivity index (χ3n) is 5.68. The molecule has 0 bridgehead atoms. The predicted molar refractivity (Wildman–Crippen MR) is 130 cm³/mol. The van der Waals surface area contributed by atoms with Crippen LogP contribution in [0.25, 0.3) is 0 Å². The number of aromatic nitrogens is 2. The summed E-state index contributed by atoms with van der Waals surface area (Å²) in [6, 6.07) is 12.0. The van der Waals surface area contributed by atoms with Crippen molar-refractivity contribution < 1.29 is 28.7 Å². The lowest BCUT2D eigenvalue weighted by molar-refractivity contribution is -0.386. The molecule has 0 fully saturated rings. The van der Waals surface area contributed by atoms with E-state index in [1.54, 1.807) is 61.0 Å². The molecular formula is C25H28N4O7. The maximum Gasteiger partial charge on any atom is 0.325 e. The fourth-order valence-electron chi connectivity index (χ4n) is 3.81. The lowest BCUT2D eigenvalue weighted by Crippen LogP contribution is -2.35. The number of ether oxygens (including phenoxy) is 3. The highest BCUT2D eigenvalue weighted by Crippen LogP contribution is 2.25. The fraction of sp³-hybridized carbons (Fsp3) is 0.320. The van der Waals surface area contributed by atoms with E-state index >= 15 is 0 Å². The molecule has 2 aromatic carbocycles. The van der Waals surface area contributed by atoms with Crippen LogP contribution < -0.4 is 9.47 Å². The third-order valence-corrected chi connectivity index (χ3v) is 5.68. The Morgan fingerprint density at radius 3 is 2.11 bits per heavy atom. The van der Waals surface area contributed by atoms with E-state index in [0.717, 1.165) is 5.56 Å². The van der Waals surface area contributed by atoms with Gasteiger partial charge >= 0.3 is 11.7 Å². The molecule has 0 saturated heterocycles. The number of amides is 1. The summed E-state index contributed by atoms with van der Waals surface area (Å²) >= 11 is 0. The van der Waals surface area contributed by atoms with Gasteiger partial charge in [0.25, 0.3) is 5.91 Å². The van der Waals surface area contributed by atoms with E-state index in [-0.39, 0.29) is 24.7 Å². The first-order chi connectivity index (χ1) is 17.2. The Kier molecular flexibility index (Phi) is 8.26. The number of nitro groups is 1. The topological polar surface area (TPSA) is 126 Å². The standard InChI is InChI=1S/C25H28N4O7/c1-16-24(29(32)33)17(2)28(26-16)14-18-6-8-20(9-7-18)25(31)27(15-23(30)36-5)13-19-10-21(34-3)12-22(11-19)35-4/h6-12H,13-15H2,1-5H3. The van der Waals surface area contributed by atoms with Crippen molar-refractivity contribution in [3.8, 4) is 11.5 Å². The molecule has 0 radical (unpaired) electrons. The average Bonchev–Trinajstić information content (AvgIpc) is 3.15. The highest BCUT2D eigenvalue weighted by molar-refractivity contribution is 5.96. The largest absolute Gasteiger partial charge is 0.497 e. The van der Waals surface area contributed by atoms with Gasteiger partial charge in [-0.2, -0.15) is 5.10 Å². The van der Waals surface area contributed by atoms with E-state index in [9.17, 15) is 19.7 Å². The summed E-state index contributed by atoms with van der Waals surface area (Å²) in [6.07, 6.45) is 0. The lowest BCUT2D eigenvalue weighted by Gasteiger charge is -2.22. The number of carbonyl (C=O) groups excluding carboxylic acids is 2. The summed E-state index contributed by atoms with van der Waals surface area (Å²) in [5.41, 5.74) is 2.69. The average molecular weight is 497 g/mol. The highest BCUT2D eigenvalue weighted by Gasteiger charge is 2.23. The molecule has 0 aliphatic rings. The van der Waals surface area contributed by atoms with Crippen LogP contribution in [0.1, 0.15) is 32.9 Å². The van der Waals surface area contributed by atoms with Gasteiger partial charge in [-0.15, -0.1) is 0 Å². The van der Waals surface area contributed by atoms with Crippen LogP contribution in [0.2, 0.25) is 0 Å². The molecule has 0 atom stereocenters. The first-order valence-electron chi connectivity index (χ1n) is 11.0. The molecule has 1 heterocycles. The smallest absolute Gasteiger partial charge is 0.325 e. The Hall–Kier alpha value is -4.41. The Bertz CT molecular complexity index is 1250. The summed E-state index contributed by atoms with van der Waals surface area (Å²) in [4.78, 5) is 37.5. The minimum absolute atomic E-state index is 0.00516. The van der Waals surface area contributed by atoms with Gasteiger partial charge in [-0.25, -0.2) is 0 Å². The maximum atomic E-state index is 13.3. The van der Waals surface area contributed by atoms with E-state index in [0.29, 0.717) is 40.6 Å². The normalized spacial score (nSPS) is 10.6. The molecule has 3 rings (SSSR count). The second-order valence-corrected chi connectivity index (χ2v) is 8.09. The number of benzene rings is 2. The third kappa shape index (κ3) is 5.98. The highest BCUT2D eigenvalue weighted by atomic mass is 16.6. The number of rotatable bonds is 10. The monoisotopic (exact) mass is 496 g/mol. The Morgan fingerprint density at radius 2 is 1.61 bits per heavy atom. The van der Waals surface area contributed by atoms with Crippen LogP contribution in [0.4, 0.5) is 5.69 Å². The van der Waals surface area contributed by atoms with Gasteiger partial charge in [0.1, 0.15) is 29.4 Å². The summed E-state index contributed by atoms with van der Waals surface area (Å²) < 4.78 is 16.9. The van der Waals surface area contributed by atoms with Gasteiger partial charge in [0.05, 0.1) is 32.8 Å². The van der Waals surface area contributed by atoms with Gasteiger partial charge in [0, 0.05) is 18.2 Å². The first kappa shape index (κ1) is 26.2. The Balaban J connectivity index is 1.83. The van der Waals surface area contributed by atoms with Crippen molar-refractivity contribution in [2.24, 2.45) is 0 Å². The summed E-state index contributed by atoms with van der Waals surface area (Å²) in [6.45, 7) is 3.43. The molecule has 0 aliphatic carbocycles. The van der Waals surface area contributed by atoms with E-state index in [1.165, 1.54) is 26.2 Å². The minimum Gasteiger partial charge on any atom is -0.497 e. The summed E-state index contributed by atoms with van der Waals surface area (Å²) in [7, 11) is 4.32. The Labute approximate surface area is 208 Å². The molecule has 190 valence electrons. The van der Waals surface area contributed by atoms with E-state index < -0.39 is 10.9 Å². The first-order valence-corrected chi connectivity index (χ1v) is 11.0. The van der Waals surface area contributed by atoms with Crippen molar-refractivity contribution in [3.63, 3.8) is 0 Å². The van der Waals surface area contributed by atoms with Gasteiger partial charge in [0.15, 0.2) is 0 Å². The van der Waals surface area contributed by atoms with E-state index in [2.05, 4.69) is 5.10 Å². The second-order valence-electron chi connectivity index (χ2n) is 8.09.